The summed E-state index contributed by atoms with van der Waals surface area (Å²) in [5, 5.41) is 18.8. The number of hydrogen-bond acceptors (Lipinski definition) is 4. The molecule has 1 heterocycles. The number of halogens is 2. The quantitative estimate of drug-likeness (QED) is 0.913. The van der Waals surface area contributed by atoms with E-state index in [0.29, 0.717) is 18.7 Å². The highest BCUT2D eigenvalue weighted by molar-refractivity contribution is 9.10. The molecule has 4 nitrogen and oxygen atoms in total. The summed E-state index contributed by atoms with van der Waals surface area (Å²) >= 11 is 3.13. The number of anilines is 1. The van der Waals surface area contributed by atoms with Crippen molar-refractivity contribution in [2.75, 3.05) is 32.1 Å². The van der Waals surface area contributed by atoms with E-state index in [0.717, 1.165) is 6.54 Å². The average Bonchev–Trinajstić information content (AvgIpc) is 2.72. The Morgan fingerprint density at radius 3 is 2.85 bits per heavy atom. The molecule has 1 saturated heterocycles. The van der Waals surface area contributed by atoms with E-state index < -0.39 is 11.9 Å². The molecule has 20 heavy (non-hydrogen) atoms. The molecule has 0 amide bonds. The van der Waals surface area contributed by atoms with Gasteiger partial charge in [0.05, 0.1) is 21.8 Å². The lowest BCUT2D eigenvalue weighted by molar-refractivity contribution is 0.191. The summed E-state index contributed by atoms with van der Waals surface area (Å²) in [5.41, 5.74) is 0.703. The minimum atomic E-state index is -0.450. The summed E-state index contributed by atoms with van der Waals surface area (Å²) in [4.78, 5) is 3.90. The molecular weight excluding hydrogens is 325 g/mol. The fraction of sp³-hybridized carbons (Fsp3) is 0.500. The van der Waals surface area contributed by atoms with E-state index in [1.165, 1.54) is 0 Å². The summed E-state index contributed by atoms with van der Waals surface area (Å²) in [7, 11) is 3.90. The van der Waals surface area contributed by atoms with Crippen LogP contribution in [-0.2, 0) is 0 Å². The van der Waals surface area contributed by atoms with Gasteiger partial charge in [0.15, 0.2) is 5.82 Å². The Labute approximate surface area is 126 Å². The molecule has 0 radical (unpaired) electrons. The normalized spacial score (nSPS) is 22.4. The zero-order valence-corrected chi connectivity index (χ0v) is 13.1. The molecule has 2 atom stereocenters. The zero-order valence-electron chi connectivity index (χ0n) is 11.5. The van der Waals surface area contributed by atoms with Crippen LogP contribution in [0.3, 0.4) is 0 Å². The van der Waals surface area contributed by atoms with Gasteiger partial charge in [0.1, 0.15) is 6.07 Å². The second-order valence-corrected chi connectivity index (χ2v) is 6.12. The van der Waals surface area contributed by atoms with Crippen LogP contribution in [0.15, 0.2) is 16.6 Å². The molecule has 1 aromatic carbocycles. The number of benzene rings is 1. The molecule has 0 saturated carbocycles. The number of aliphatic hydroxyl groups is 1. The van der Waals surface area contributed by atoms with Gasteiger partial charge in [-0.2, -0.15) is 5.26 Å². The number of aliphatic hydroxyl groups excluding tert-OH is 1. The lowest BCUT2D eigenvalue weighted by Crippen LogP contribution is -2.38. The Bertz CT molecular complexity index is 544. The van der Waals surface area contributed by atoms with Crippen LogP contribution in [0, 0.1) is 17.1 Å². The Kier molecular flexibility index (Phi) is 4.63. The summed E-state index contributed by atoms with van der Waals surface area (Å²) in [5.74, 6) is -0.443. The Hall–Kier alpha value is -1.16. The molecule has 0 aliphatic carbocycles. The second-order valence-electron chi connectivity index (χ2n) is 5.33. The van der Waals surface area contributed by atoms with Crippen molar-refractivity contribution >= 4 is 21.6 Å². The van der Waals surface area contributed by atoms with Crippen molar-refractivity contribution in [1.82, 2.24) is 4.90 Å². The highest BCUT2D eigenvalue weighted by Gasteiger charge is 2.33. The molecule has 2 rings (SSSR count). The largest absolute Gasteiger partial charge is 0.391 e. The van der Waals surface area contributed by atoms with Gasteiger partial charge in [0, 0.05) is 19.1 Å². The standard InChI is InChI=1S/C14H17BrFN3O/c1-18(2)7-10-5-11(20)8-19(10)12-4-3-9(6-17)13(15)14(12)16/h3-4,10-11,20H,5,7-8H2,1-2H3. The molecule has 1 aliphatic rings. The number of rotatable bonds is 3. The molecule has 1 fully saturated rings. The maximum absolute atomic E-state index is 14.4. The van der Waals surface area contributed by atoms with Crippen LogP contribution in [0.25, 0.3) is 0 Å². The van der Waals surface area contributed by atoms with Crippen molar-refractivity contribution in [3.05, 3.63) is 28.0 Å². The van der Waals surface area contributed by atoms with E-state index in [2.05, 4.69) is 15.9 Å². The molecular formula is C14H17BrFN3O. The van der Waals surface area contributed by atoms with E-state index in [9.17, 15) is 9.50 Å². The summed E-state index contributed by atoms with van der Waals surface area (Å²) in [6, 6.07) is 5.21. The molecule has 2 unspecified atom stereocenters. The van der Waals surface area contributed by atoms with Crippen molar-refractivity contribution in [3.63, 3.8) is 0 Å². The Morgan fingerprint density at radius 1 is 1.55 bits per heavy atom. The number of likely N-dealkylation sites (N-methyl/N-ethyl adjacent to an activating group) is 1. The summed E-state index contributed by atoms with van der Waals surface area (Å²) in [6.07, 6.45) is 0.170. The van der Waals surface area contributed by atoms with E-state index >= 15 is 0 Å². The van der Waals surface area contributed by atoms with Gasteiger partial charge >= 0.3 is 0 Å². The third kappa shape index (κ3) is 2.95. The van der Waals surface area contributed by atoms with Crippen LogP contribution in [0.4, 0.5) is 10.1 Å². The van der Waals surface area contributed by atoms with Gasteiger partial charge in [-0.1, -0.05) is 0 Å². The predicted octanol–water partition coefficient (Wildman–Crippen LogP) is 1.96. The minimum Gasteiger partial charge on any atom is -0.391 e. The molecule has 1 aromatic rings. The zero-order chi connectivity index (χ0) is 14.9. The third-order valence-electron chi connectivity index (χ3n) is 3.46. The first kappa shape index (κ1) is 15.2. The van der Waals surface area contributed by atoms with Crippen LogP contribution in [0.5, 0.6) is 0 Å². The number of nitriles is 1. The first-order valence-corrected chi connectivity index (χ1v) is 7.21. The predicted molar refractivity (Wildman–Crippen MR) is 79.1 cm³/mol. The highest BCUT2D eigenvalue weighted by Crippen LogP contribution is 2.33. The lowest BCUT2D eigenvalue weighted by atomic mass is 10.1. The van der Waals surface area contributed by atoms with Gasteiger partial charge in [-0.25, -0.2) is 4.39 Å². The monoisotopic (exact) mass is 341 g/mol. The van der Waals surface area contributed by atoms with Crippen molar-refractivity contribution < 1.29 is 9.50 Å². The highest BCUT2D eigenvalue weighted by atomic mass is 79.9. The average molecular weight is 342 g/mol. The van der Waals surface area contributed by atoms with Gasteiger partial charge in [0.25, 0.3) is 0 Å². The van der Waals surface area contributed by atoms with E-state index in [4.69, 9.17) is 5.26 Å². The SMILES string of the molecule is CN(C)CC1CC(O)CN1c1ccc(C#N)c(Br)c1F. The summed E-state index contributed by atoms with van der Waals surface area (Å²) < 4.78 is 14.6. The van der Waals surface area contributed by atoms with Crippen LogP contribution in [0.1, 0.15) is 12.0 Å². The van der Waals surface area contributed by atoms with Crippen molar-refractivity contribution in [2.45, 2.75) is 18.6 Å². The van der Waals surface area contributed by atoms with Crippen LogP contribution in [0.2, 0.25) is 0 Å². The van der Waals surface area contributed by atoms with Gasteiger partial charge in [-0.3, -0.25) is 0 Å². The third-order valence-corrected chi connectivity index (χ3v) is 4.24. The van der Waals surface area contributed by atoms with Gasteiger partial charge < -0.3 is 14.9 Å². The summed E-state index contributed by atoms with van der Waals surface area (Å²) in [6.45, 7) is 1.15. The Morgan fingerprint density at radius 2 is 2.25 bits per heavy atom. The van der Waals surface area contributed by atoms with Crippen molar-refractivity contribution in [1.29, 1.82) is 5.26 Å². The maximum atomic E-state index is 14.4. The number of β-amino-alcohol motifs (C(OH)–C–C–N with tert-alkyl or cyclic N) is 1. The first-order chi connectivity index (χ1) is 9.43. The van der Waals surface area contributed by atoms with Crippen LogP contribution in [-0.4, -0.2) is 49.3 Å². The molecule has 0 bridgehead atoms. The van der Waals surface area contributed by atoms with E-state index in [1.54, 1.807) is 12.1 Å². The minimum absolute atomic E-state index is 0.0642. The topological polar surface area (TPSA) is 50.5 Å². The van der Waals surface area contributed by atoms with E-state index in [-0.39, 0.29) is 16.1 Å². The molecule has 1 N–H and O–H groups in total. The number of nitrogens with zero attached hydrogens (tertiary/aromatic N) is 3. The number of hydrogen-bond donors (Lipinski definition) is 1. The maximum Gasteiger partial charge on any atom is 0.161 e. The van der Waals surface area contributed by atoms with Crippen LogP contribution < -0.4 is 4.90 Å². The molecule has 0 spiro atoms. The lowest BCUT2D eigenvalue weighted by Gasteiger charge is -2.29. The van der Waals surface area contributed by atoms with Crippen LogP contribution >= 0.6 is 15.9 Å². The van der Waals surface area contributed by atoms with Gasteiger partial charge in [0.2, 0.25) is 0 Å². The van der Waals surface area contributed by atoms with Gasteiger partial charge in [-0.05, 0) is 48.6 Å². The molecule has 0 aromatic heterocycles. The first-order valence-electron chi connectivity index (χ1n) is 6.41. The fourth-order valence-electron chi connectivity index (χ4n) is 2.63. The molecule has 108 valence electrons. The Balaban J connectivity index is 2.35. The molecule has 6 heteroatoms. The van der Waals surface area contributed by atoms with E-state index in [1.807, 2.05) is 30.0 Å². The second kappa shape index (κ2) is 6.08. The molecule has 1 aliphatic heterocycles. The van der Waals surface area contributed by atoms with Gasteiger partial charge in [-0.15, -0.1) is 0 Å². The fourth-order valence-corrected chi connectivity index (χ4v) is 3.05. The smallest absolute Gasteiger partial charge is 0.161 e. The van der Waals surface area contributed by atoms with Crippen molar-refractivity contribution in [2.24, 2.45) is 0 Å². The van der Waals surface area contributed by atoms with Crippen molar-refractivity contribution in [3.8, 4) is 6.07 Å².